The second-order valence-electron chi connectivity index (χ2n) is 5.60. The van der Waals surface area contributed by atoms with Crippen LogP contribution in [0.5, 0.6) is 0 Å². The molecule has 0 aliphatic carbocycles. The molecule has 1 N–H and O–H groups in total. The number of fused-ring (bicyclic) bond motifs is 2. The highest BCUT2D eigenvalue weighted by atomic mass is 32.2. The van der Waals surface area contributed by atoms with E-state index in [-0.39, 0.29) is 11.8 Å². The van der Waals surface area contributed by atoms with Gasteiger partial charge in [-0.25, -0.2) is 8.42 Å². The van der Waals surface area contributed by atoms with Gasteiger partial charge in [-0.1, -0.05) is 13.0 Å². The van der Waals surface area contributed by atoms with Crippen LogP contribution >= 0.6 is 0 Å². The Morgan fingerprint density at radius 1 is 1.00 bits per heavy atom. The van der Waals surface area contributed by atoms with Crippen LogP contribution in [0.3, 0.4) is 0 Å². The van der Waals surface area contributed by atoms with E-state index in [1.54, 1.807) is 30.3 Å². The number of carbonyl (C=O) groups excluding carboxylic acids is 2. The number of imide groups is 1. The average Bonchev–Trinajstić information content (AvgIpc) is 2.69. The van der Waals surface area contributed by atoms with Crippen LogP contribution in [0.4, 0.5) is 5.69 Å². The molecule has 2 aromatic rings. The van der Waals surface area contributed by atoms with Gasteiger partial charge in [0.2, 0.25) is 10.0 Å². The second-order valence-corrected chi connectivity index (χ2v) is 7.34. The summed E-state index contributed by atoms with van der Waals surface area (Å²) in [5, 5.41) is 1.49. The molecule has 7 heteroatoms. The Morgan fingerprint density at radius 3 is 2.17 bits per heavy atom. The van der Waals surface area contributed by atoms with Crippen molar-refractivity contribution in [1.82, 2.24) is 4.90 Å². The number of anilines is 1. The maximum Gasteiger partial charge on any atom is 0.261 e. The molecule has 1 heterocycles. The number of rotatable bonds is 4. The summed E-state index contributed by atoms with van der Waals surface area (Å²) in [5.74, 6) is -0.567. The molecule has 0 fully saturated rings. The molecular weight excluding hydrogens is 316 g/mol. The van der Waals surface area contributed by atoms with E-state index in [1.807, 2.05) is 6.92 Å². The minimum absolute atomic E-state index is 0.271. The normalized spacial score (nSPS) is 14.4. The third kappa shape index (κ3) is 2.79. The van der Waals surface area contributed by atoms with E-state index in [9.17, 15) is 18.0 Å². The molecule has 0 bridgehead atoms. The quantitative estimate of drug-likeness (QED) is 0.870. The Hall–Kier alpha value is -2.41. The Bertz CT molecular complexity index is 934. The molecule has 0 unspecified atom stereocenters. The zero-order chi connectivity index (χ0) is 16.8. The van der Waals surface area contributed by atoms with Gasteiger partial charge in [-0.2, -0.15) is 0 Å². The number of sulfonamides is 1. The van der Waals surface area contributed by atoms with E-state index in [0.717, 1.165) is 11.6 Å². The maximum atomic E-state index is 12.3. The van der Waals surface area contributed by atoms with Crippen LogP contribution in [-0.2, 0) is 10.0 Å². The smallest absolute Gasteiger partial charge is 0.261 e. The lowest BCUT2D eigenvalue weighted by molar-refractivity contribution is 0.0654. The highest BCUT2D eigenvalue weighted by molar-refractivity contribution is 7.92. The Labute approximate surface area is 134 Å². The molecule has 3 rings (SSSR count). The van der Waals surface area contributed by atoms with Gasteiger partial charge in [0, 0.05) is 12.2 Å². The van der Waals surface area contributed by atoms with Crippen LogP contribution in [0.1, 0.15) is 34.1 Å². The van der Waals surface area contributed by atoms with Crippen LogP contribution in [0.2, 0.25) is 0 Å². The van der Waals surface area contributed by atoms with Gasteiger partial charge in [-0.3, -0.25) is 19.2 Å². The third-order valence-corrected chi connectivity index (χ3v) is 4.28. The summed E-state index contributed by atoms with van der Waals surface area (Å²) in [6.45, 7) is 2.30. The van der Waals surface area contributed by atoms with Crippen molar-refractivity contribution in [2.24, 2.45) is 0 Å². The summed E-state index contributed by atoms with van der Waals surface area (Å²) < 4.78 is 25.0. The minimum atomic E-state index is -3.37. The molecule has 1 aliphatic rings. The van der Waals surface area contributed by atoms with Gasteiger partial charge in [0.15, 0.2) is 0 Å². The zero-order valence-corrected chi connectivity index (χ0v) is 13.6. The first-order chi connectivity index (χ1) is 10.8. The number of carbonyl (C=O) groups is 2. The van der Waals surface area contributed by atoms with E-state index in [4.69, 9.17) is 0 Å². The fraction of sp³-hybridized carbons (Fsp3) is 0.250. The number of benzene rings is 2. The fourth-order valence-electron chi connectivity index (χ4n) is 2.74. The van der Waals surface area contributed by atoms with Crippen LogP contribution in [-0.4, -0.2) is 37.9 Å². The predicted molar refractivity (Wildman–Crippen MR) is 88.1 cm³/mol. The van der Waals surface area contributed by atoms with Gasteiger partial charge in [-0.15, -0.1) is 0 Å². The highest BCUT2D eigenvalue weighted by Crippen LogP contribution is 2.29. The van der Waals surface area contributed by atoms with Crippen molar-refractivity contribution in [3.05, 3.63) is 41.5 Å². The van der Waals surface area contributed by atoms with Crippen LogP contribution in [0.15, 0.2) is 30.3 Å². The first-order valence-corrected chi connectivity index (χ1v) is 9.11. The zero-order valence-electron chi connectivity index (χ0n) is 12.8. The van der Waals surface area contributed by atoms with Crippen molar-refractivity contribution in [1.29, 1.82) is 0 Å². The first-order valence-electron chi connectivity index (χ1n) is 7.22. The lowest BCUT2D eigenvalue weighted by Crippen LogP contribution is -2.30. The Kier molecular flexibility index (Phi) is 3.60. The lowest BCUT2D eigenvalue weighted by atomic mass is 10.0. The van der Waals surface area contributed by atoms with Gasteiger partial charge < -0.3 is 0 Å². The maximum absolute atomic E-state index is 12.3. The summed E-state index contributed by atoms with van der Waals surface area (Å²) in [6, 6.07) is 8.33. The predicted octanol–water partition coefficient (Wildman–Crippen LogP) is 2.22. The minimum Gasteiger partial charge on any atom is -0.284 e. The van der Waals surface area contributed by atoms with Gasteiger partial charge in [0.05, 0.1) is 17.4 Å². The molecule has 0 atom stereocenters. The summed E-state index contributed by atoms with van der Waals surface area (Å²) in [6.07, 6.45) is 1.78. The van der Waals surface area contributed by atoms with E-state index >= 15 is 0 Å². The monoisotopic (exact) mass is 332 g/mol. The van der Waals surface area contributed by atoms with Crippen molar-refractivity contribution in [3.63, 3.8) is 0 Å². The molecule has 2 amide bonds. The summed E-state index contributed by atoms with van der Waals surface area (Å²) in [7, 11) is -3.37. The molecule has 0 saturated heterocycles. The van der Waals surface area contributed by atoms with Crippen molar-refractivity contribution >= 4 is 38.3 Å². The van der Waals surface area contributed by atoms with Crippen LogP contribution in [0.25, 0.3) is 10.8 Å². The van der Waals surface area contributed by atoms with E-state index in [0.29, 0.717) is 35.2 Å². The Morgan fingerprint density at radius 2 is 1.61 bits per heavy atom. The molecule has 0 aromatic heterocycles. The van der Waals surface area contributed by atoms with Crippen LogP contribution in [0, 0.1) is 0 Å². The van der Waals surface area contributed by atoms with Gasteiger partial charge in [0.1, 0.15) is 0 Å². The molecule has 2 aromatic carbocycles. The fourth-order valence-corrected chi connectivity index (χ4v) is 3.29. The summed E-state index contributed by atoms with van der Waals surface area (Å²) in [5.41, 5.74) is 1.19. The molecule has 120 valence electrons. The second kappa shape index (κ2) is 5.34. The summed E-state index contributed by atoms with van der Waals surface area (Å²) >= 11 is 0. The summed E-state index contributed by atoms with van der Waals surface area (Å²) in [4.78, 5) is 25.9. The molecule has 1 aliphatic heterocycles. The first kappa shape index (κ1) is 15.5. The van der Waals surface area contributed by atoms with Crippen molar-refractivity contribution in [2.45, 2.75) is 13.3 Å². The third-order valence-electron chi connectivity index (χ3n) is 3.68. The number of nitrogens with one attached hydrogen (secondary N) is 1. The molecule has 23 heavy (non-hydrogen) atoms. The highest BCUT2D eigenvalue weighted by Gasteiger charge is 2.35. The molecule has 6 nitrogen and oxygen atoms in total. The number of amides is 2. The molecule has 0 saturated carbocycles. The average molecular weight is 332 g/mol. The molecule has 0 radical (unpaired) electrons. The SMILES string of the molecule is CCCN1C(=O)c2cc3ccc(NS(C)(=O)=O)cc3cc2C1=O. The van der Waals surface area contributed by atoms with E-state index in [1.165, 1.54) is 4.90 Å². The van der Waals surface area contributed by atoms with E-state index in [2.05, 4.69) is 4.72 Å². The van der Waals surface area contributed by atoms with Crippen molar-refractivity contribution < 1.29 is 18.0 Å². The number of hydrogen-bond acceptors (Lipinski definition) is 4. The van der Waals surface area contributed by atoms with Crippen molar-refractivity contribution in [3.8, 4) is 0 Å². The largest absolute Gasteiger partial charge is 0.284 e. The van der Waals surface area contributed by atoms with Crippen LogP contribution < -0.4 is 4.72 Å². The van der Waals surface area contributed by atoms with Gasteiger partial charge in [0.25, 0.3) is 11.8 Å². The number of hydrogen-bond donors (Lipinski definition) is 1. The van der Waals surface area contributed by atoms with Gasteiger partial charge >= 0.3 is 0 Å². The van der Waals surface area contributed by atoms with Crippen molar-refractivity contribution in [2.75, 3.05) is 17.5 Å². The standard InChI is InChI=1S/C16H16N2O4S/c1-3-6-18-15(19)13-8-10-4-5-12(17-23(2,21)22)7-11(10)9-14(13)16(18)20/h4-5,7-9,17H,3,6H2,1-2H3. The topological polar surface area (TPSA) is 83.6 Å². The molecule has 0 spiro atoms. The lowest BCUT2D eigenvalue weighted by Gasteiger charge is -2.11. The van der Waals surface area contributed by atoms with Gasteiger partial charge in [-0.05, 0) is 41.5 Å². The van der Waals surface area contributed by atoms with E-state index < -0.39 is 10.0 Å². The molecular formula is C16H16N2O4S. The Balaban J connectivity index is 2.09. The number of nitrogens with zero attached hydrogens (tertiary/aromatic N) is 1.